The van der Waals surface area contributed by atoms with Crippen LogP contribution in [0.4, 0.5) is 36.2 Å². The third-order valence-corrected chi connectivity index (χ3v) is 3.79. The van der Waals surface area contributed by atoms with Gasteiger partial charge in [0.15, 0.2) is 0 Å². The Kier molecular flexibility index (Phi) is 5.39. The molecule has 0 saturated heterocycles. The van der Waals surface area contributed by atoms with E-state index < -0.39 is 22.4 Å². The van der Waals surface area contributed by atoms with Crippen molar-refractivity contribution in [2.45, 2.75) is 12.7 Å². The molecule has 144 valence electrons. The van der Waals surface area contributed by atoms with Crippen LogP contribution in [0.15, 0.2) is 60.9 Å². The zero-order valence-electron chi connectivity index (χ0n) is 14.3. The second kappa shape index (κ2) is 7.91. The number of rotatable bonds is 6. The van der Waals surface area contributed by atoms with Crippen LogP contribution in [-0.2, 0) is 12.7 Å². The van der Waals surface area contributed by atoms with Crippen LogP contribution in [0.25, 0.3) is 0 Å². The molecule has 28 heavy (non-hydrogen) atoms. The topological polar surface area (TPSA) is 93.0 Å². The van der Waals surface area contributed by atoms with Gasteiger partial charge >= 0.3 is 11.9 Å². The molecule has 0 atom stereocenters. The Bertz CT molecular complexity index is 980. The van der Waals surface area contributed by atoms with E-state index in [1.807, 2.05) is 30.3 Å². The average molecular weight is 389 g/mol. The van der Waals surface area contributed by atoms with Gasteiger partial charge in [0.05, 0.1) is 16.2 Å². The van der Waals surface area contributed by atoms with Crippen LogP contribution in [-0.4, -0.2) is 14.9 Å². The fourth-order valence-corrected chi connectivity index (χ4v) is 2.52. The molecule has 1 aromatic heterocycles. The van der Waals surface area contributed by atoms with Gasteiger partial charge < -0.3 is 10.6 Å². The number of para-hydroxylation sites is 1. The van der Waals surface area contributed by atoms with Crippen LogP contribution in [0.1, 0.15) is 11.1 Å². The van der Waals surface area contributed by atoms with Crippen molar-refractivity contribution in [3.8, 4) is 0 Å². The minimum Gasteiger partial charge on any atom is -0.360 e. The lowest BCUT2D eigenvalue weighted by molar-refractivity contribution is -0.383. The third-order valence-electron chi connectivity index (χ3n) is 3.79. The van der Waals surface area contributed by atoms with Gasteiger partial charge in [0.1, 0.15) is 6.33 Å². The standard InChI is InChI=1S/C18H14F3N5O2/c19-18(20,21)13-8-4-5-9-14(13)25-17-15(26(27)28)16(23-11-24-17)22-10-12-6-2-1-3-7-12/h1-9,11H,10H2,(H2,22,23,24,25). The van der Waals surface area contributed by atoms with Gasteiger partial charge in [0.25, 0.3) is 0 Å². The molecule has 0 radical (unpaired) electrons. The van der Waals surface area contributed by atoms with Gasteiger partial charge in [-0.2, -0.15) is 13.2 Å². The van der Waals surface area contributed by atoms with Crippen molar-refractivity contribution < 1.29 is 18.1 Å². The highest BCUT2D eigenvalue weighted by Crippen LogP contribution is 2.38. The lowest BCUT2D eigenvalue weighted by atomic mass is 10.1. The zero-order valence-corrected chi connectivity index (χ0v) is 14.3. The molecular formula is C18H14F3N5O2. The van der Waals surface area contributed by atoms with E-state index in [1.54, 1.807) is 0 Å². The van der Waals surface area contributed by atoms with Crippen LogP contribution in [0, 0.1) is 10.1 Å². The first-order chi connectivity index (χ1) is 13.4. The number of nitrogens with zero attached hydrogens (tertiary/aromatic N) is 3. The fourth-order valence-electron chi connectivity index (χ4n) is 2.52. The van der Waals surface area contributed by atoms with E-state index in [0.717, 1.165) is 18.0 Å². The number of aromatic nitrogens is 2. The summed E-state index contributed by atoms with van der Waals surface area (Å²) in [7, 11) is 0. The molecule has 3 rings (SSSR count). The molecule has 0 saturated carbocycles. The Labute approximate surface area is 157 Å². The van der Waals surface area contributed by atoms with Crippen LogP contribution in [0.5, 0.6) is 0 Å². The largest absolute Gasteiger partial charge is 0.418 e. The summed E-state index contributed by atoms with van der Waals surface area (Å²) in [5.41, 5.74) is -0.991. The molecule has 7 nitrogen and oxygen atoms in total. The van der Waals surface area contributed by atoms with Gasteiger partial charge in [-0.15, -0.1) is 0 Å². The minimum atomic E-state index is -4.63. The van der Waals surface area contributed by atoms with Gasteiger partial charge in [-0.05, 0) is 17.7 Å². The average Bonchev–Trinajstić information content (AvgIpc) is 2.66. The lowest BCUT2D eigenvalue weighted by Gasteiger charge is -2.14. The molecule has 0 unspecified atom stereocenters. The Morgan fingerprint density at radius 1 is 0.964 bits per heavy atom. The van der Waals surface area contributed by atoms with E-state index in [4.69, 9.17) is 0 Å². The number of hydrogen-bond acceptors (Lipinski definition) is 6. The summed E-state index contributed by atoms with van der Waals surface area (Å²) >= 11 is 0. The molecule has 0 aliphatic rings. The first kappa shape index (κ1) is 19.1. The molecule has 3 aromatic rings. The van der Waals surface area contributed by atoms with Gasteiger partial charge in [0.2, 0.25) is 11.6 Å². The van der Waals surface area contributed by atoms with Gasteiger partial charge in [-0.3, -0.25) is 10.1 Å². The first-order valence-corrected chi connectivity index (χ1v) is 8.06. The molecule has 10 heteroatoms. The summed E-state index contributed by atoms with van der Waals surface area (Å²) in [5.74, 6) is -0.442. The summed E-state index contributed by atoms with van der Waals surface area (Å²) in [6.07, 6.45) is -3.58. The predicted octanol–water partition coefficient (Wildman–Crippen LogP) is 4.76. The maximum Gasteiger partial charge on any atom is 0.418 e. The summed E-state index contributed by atoms with van der Waals surface area (Å²) in [4.78, 5) is 18.4. The summed E-state index contributed by atoms with van der Waals surface area (Å²) in [6, 6.07) is 13.8. The van der Waals surface area contributed by atoms with Crippen molar-refractivity contribution in [3.05, 3.63) is 82.2 Å². The van der Waals surface area contributed by atoms with E-state index in [-0.39, 0.29) is 23.9 Å². The molecule has 1 heterocycles. The normalized spacial score (nSPS) is 11.1. The number of nitrogens with one attached hydrogen (secondary N) is 2. The quantitative estimate of drug-likeness (QED) is 0.466. The maximum absolute atomic E-state index is 13.2. The molecule has 2 N–H and O–H groups in total. The number of alkyl halides is 3. The highest BCUT2D eigenvalue weighted by atomic mass is 19.4. The molecule has 0 fully saturated rings. The van der Waals surface area contributed by atoms with E-state index in [2.05, 4.69) is 20.6 Å². The molecule has 0 spiro atoms. The molecule has 0 aliphatic carbocycles. The van der Waals surface area contributed by atoms with Crippen LogP contribution in [0.2, 0.25) is 0 Å². The highest BCUT2D eigenvalue weighted by molar-refractivity contribution is 5.75. The molecule has 0 bridgehead atoms. The van der Waals surface area contributed by atoms with Gasteiger partial charge in [-0.1, -0.05) is 42.5 Å². The highest BCUT2D eigenvalue weighted by Gasteiger charge is 2.34. The van der Waals surface area contributed by atoms with Crippen molar-refractivity contribution in [2.24, 2.45) is 0 Å². The van der Waals surface area contributed by atoms with Crippen molar-refractivity contribution >= 4 is 23.0 Å². The number of anilines is 3. The smallest absolute Gasteiger partial charge is 0.360 e. The number of benzene rings is 2. The van der Waals surface area contributed by atoms with E-state index in [9.17, 15) is 23.3 Å². The SMILES string of the molecule is O=[N+]([O-])c1c(NCc2ccccc2)ncnc1Nc1ccccc1C(F)(F)F. The first-order valence-electron chi connectivity index (χ1n) is 8.06. The van der Waals surface area contributed by atoms with E-state index >= 15 is 0 Å². The Morgan fingerprint density at radius 2 is 1.61 bits per heavy atom. The Morgan fingerprint density at radius 3 is 2.29 bits per heavy atom. The van der Waals surface area contributed by atoms with Gasteiger partial charge in [-0.25, -0.2) is 9.97 Å². The number of hydrogen-bond donors (Lipinski definition) is 2. The number of nitro groups is 1. The lowest BCUT2D eigenvalue weighted by Crippen LogP contribution is -2.11. The van der Waals surface area contributed by atoms with Crippen molar-refractivity contribution in [2.75, 3.05) is 10.6 Å². The maximum atomic E-state index is 13.2. The zero-order chi connectivity index (χ0) is 20.1. The van der Waals surface area contributed by atoms with Crippen molar-refractivity contribution in [3.63, 3.8) is 0 Å². The second-order valence-corrected chi connectivity index (χ2v) is 5.68. The minimum absolute atomic E-state index is 0.101. The summed E-state index contributed by atoms with van der Waals surface area (Å²) in [5, 5.41) is 16.8. The van der Waals surface area contributed by atoms with E-state index in [1.165, 1.54) is 18.2 Å². The molecular weight excluding hydrogens is 375 g/mol. The fraction of sp³-hybridized carbons (Fsp3) is 0.111. The van der Waals surface area contributed by atoms with Crippen molar-refractivity contribution in [1.82, 2.24) is 9.97 Å². The van der Waals surface area contributed by atoms with Crippen LogP contribution < -0.4 is 10.6 Å². The molecule has 2 aromatic carbocycles. The van der Waals surface area contributed by atoms with E-state index in [0.29, 0.717) is 0 Å². The monoisotopic (exact) mass is 389 g/mol. The Balaban J connectivity index is 1.93. The van der Waals surface area contributed by atoms with Crippen molar-refractivity contribution in [1.29, 1.82) is 0 Å². The predicted molar refractivity (Wildman–Crippen MR) is 97.2 cm³/mol. The van der Waals surface area contributed by atoms with Gasteiger partial charge in [0, 0.05) is 6.54 Å². The summed E-state index contributed by atoms with van der Waals surface area (Å²) < 4.78 is 39.5. The number of halogens is 3. The molecule has 0 amide bonds. The third kappa shape index (κ3) is 4.34. The van der Waals surface area contributed by atoms with Crippen LogP contribution >= 0.6 is 0 Å². The summed E-state index contributed by atoms with van der Waals surface area (Å²) in [6.45, 7) is 0.247. The molecule has 0 aliphatic heterocycles. The Hall–Kier alpha value is -3.69. The second-order valence-electron chi connectivity index (χ2n) is 5.68. The van der Waals surface area contributed by atoms with Crippen LogP contribution in [0.3, 0.4) is 0 Å².